The van der Waals surface area contributed by atoms with E-state index in [1.807, 2.05) is 0 Å². The molecular weight excluding hydrogens is 348 g/mol. The summed E-state index contributed by atoms with van der Waals surface area (Å²) in [5, 5.41) is 6.82. The number of hydrogen-bond acceptors (Lipinski definition) is 7. The molecule has 0 atom stereocenters. The van der Waals surface area contributed by atoms with E-state index < -0.39 is 0 Å². The van der Waals surface area contributed by atoms with Crippen molar-refractivity contribution >= 4 is 17.4 Å². The van der Waals surface area contributed by atoms with Gasteiger partial charge in [-0.25, -0.2) is 14.5 Å². The molecule has 0 radical (unpaired) electrons. The third kappa shape index (κ3) is 3.52. The van der Waals surface area contributed by atoms with Crippen LogP contribution in [-0.4, -0.2) is 37.6 Å². The molecular formula is C18H14N6O3. The monoisotopic (exact) mass is 362 g/mol. The predicted molar refractivity (Wildman–Crippen MR) is 96.0 cm³/mol. The van der Waals surface area contributed by atoms with Crippen molar-refractivity contribution < 1.29 is 14.3 Å². The number of pyridine rings is 3. The average molecular weight is 362 g/mol. The molecule has 4 heterocycles. The highest BCUT2D eigenvalue weighted by molar-refractivity contribution is 6.08. The van der Waals surface area contributed by atoms with Crippen LogP contribution in [0.4, 0.5) is 5.82 Å². The topological polar surface area (TPSA) is 104 Å². The highest BCUT2D eigenvalue weighted by Crippen LogP contribution is 2.26. The Morgan fingerprint density at radius 3 is 2.81 bits per heavy atom. The van der Waals surface area contributed by atoms with Crippen LogP contribution in [0.3, 0.4) is 0 Å². The maximum atomic E-state index is 12.7. The minimum absolute atomic E-state index is 0.298. The van der Waals surface area contributed by atoms with E-state index in [9.17, 15) is 4.79 Å². The van der Waals surface area contributed by atoms with Crippen LogP contribution >= 0.6 is 0 Å². The van der Waals surface area contributed by atoms with Crippen molar-refractivity contribution in [3.63, 3.8) is 0 Å². The number of amides is 1. The molecule has 0 aliphatic carbocycles. The van der Waals surface area contributed by atoms with E-state index >= 15 is 0 Å². The van der Waals surface area contributed by atoms with Crippen LogP contribution in [0.2, 0.25) is 0 Å². The lowest BCUT2D eigenvalue weighted by Crippen LogP contribution is -2.14. The number of fused-ring (bicyclic) bond motifs is 1. The first-order chi connectivity index (χ1) is 13.2. The molecule has 27 heavy (non-hydrogen) atoms. The van der Waals surface area contributed by atoms with Crippen molar-refractivity contribution in [1.82, 2.24) is 24.6 Å². The minimum atomic E-state index is -0.374. The van der Waals surface area contributed by atoms with Crippen LogP contribution < -0.4 is 14.8 Å². The van der Waals surface area contributed by atoms with E-state index in [4.69, 9.17) is 9.47 Å². The number of carbonyl (C=O) groups excluding carboxylic acids is 1. The van der Waals surface area contributed by atoms with Gasteiger partial charge in [-0.2, -0.15) is 5.10 Å². The molecule has 0 saturated carbocycles. The molecule has 0 fully saturated rings. The molecule has 0 aliphatic heterocycles. The number of nitrogens with zero attached hydrogens (tertiary/aromatic N) is 5. The normalized spacial score (nSPS) is 10.6. The lowest BCUT2D eigenvalue weighted by atomic mass is 10.2. The first kappa shape index (κ1) is 16.5. The number of aromatic nitrogens is 5. The molecule has 9 nitrogen and oxygen atoms in total. The molecule has 0 aromatic carbocycles. The van der Waals surface area contributed by atoms with Crippen molar-refractivity contribution in [3.05, 3.63) is 67.0 Å². The molecule has 134 valence electrons. The molecule has 9 heteroatoms. The molecule has 1 amide bonds. The molecule has 4 rings (SSSR count). The smallest absolute Gasteiger partial charge is 0.260 e. The zero-order valence-corrected chi connectivity index (χ0v) is 14.2. The van der Waals surface area contributed by atoms with Gasteiger partial charge in [0.25, 0.3) is 5.91 Å². The Hall–Kier alpha value is -4.01. The summed E-state index contributed by atoms with van der Waals surface area (Å²) in [6.45, 7) is 0. The fourth-order valence-electron chi connectivity index (χ4n) is 2.45. The van der Waals surface area contributed by atoms with E-state index in [0.29, 0.717) is 34.3 Å². The van der Waals surface area contributed by atoms with Gasteiger partial charge in [0.15, 0.2) is 5.65 Å². The largest absolute Gasteiger partial charge is 0.495 e. The summed E-state index contributed by atoms with van der Waals surface area (Å²) in [5.41, 5.74) is 0.700. The number of ether oxygens (including phenoxy) is 2. The van der Waals surface area contributed by atoms with Crippen molar-refractivity contribution in [2.45, 2.75) is 0 Å². The second-order valence-electron chi connectivity index (χ2n) is 5.45. The van der Waals surface area contributed by atoms with Gasteiger partial charge in [0.2, 0.25) is 0 Å². The van der Waals surface area contributed by atoms with Crippen LogP contribution in [0.5, 0.6) is 17.2 Å². The Morgan fingerprint density at radius 2 is 2.00 bits per heavy atom. The highest BCUT2D eigenvalue weighted by Gasteiger charge is 2.16. The number of anilines is 1. The number of carbonyl (C=O) groups is 1. The second kappa shape index (κ2) is 7.08. The predicted octanol–water partition coefficient (Wildman–Crippen LogP) is 2.57. The third-order valence-corrected chi connectivity index (χ3v) is 3.66. The molecule has 0 spiro atoms. The third-order valence-electron chi connectivity index (χ3n) is 3.66. The summed E-state index contributed by atoms with van der Waals surface area (Å²) in [5.74, 6) is 1.48. The van der Waals surface area contributed by atoms with Gasteiger partial charge in [0.05, 0.1) is 31.3 Å². The number of methoxy groups -OCH3 is 1. The second-order valence-corrected chi connectivity index (χ2v) is 5.45. The van der Waals surface area contributed by atoms with Gasteiger partial charge in [-0.15, -0.1) is 0 Å². The summed E-state index contributed by atoms with van der Waals surface area (Å²) in [7, 11) is 1.54. The van der Waals surface area contributed by atoms with Gasteiger partial charge in [0, 0.05) is 12.3 Å². The van der Waals surface area contributed by atoms with Gasteiger partial charge in [-0.3, -0.25) is 9.78 Å². The molecule has 4 aromatic heterocycles. The van der Waals surface area contributed by atoms with Crippen molar-refractivity contribution in [1.29, 1.82) is 0 Å². The summed E-state index contributed by atoms with van der Waals surface area (Å²) >= 11 is 0. The quantitative estimate of drug-likeness (QED) is 0.582. The molecule has 0 aliphatic rings. The average Bonchev–Trinajstić information content (AvgIpc) is 3.17. The van der Waals surface area contributed by atoms with Gasteiger partial charge >= 0.3 is 0 Å². The van der Waals surface area contributed by atoms with Gasteiger partial charge in [-0.1, -0.05) is 6.07 Å². The summed E-state index contributed by atoms with van der Waals surface area (Å²) in [4.78, 5) is 25.0. The fraction of sp³-hybridized carbons (Fsp3) is 0.0556. The maximum absolute atomic E-state index is 12.7. The number of nitrogens with one attached hydrogen (secondary N) is 1. The Bertz CT molecular complexity index is 1100. The van der Waals surface area contributed by atoms with E-state index in [-0.39, 0.29) is 5.91 Å². The number of rotatable bonds is 5. The van der Waals surface area contributed by atoms with Crippen molar-refractivity contribution in [2.24, 2.45) is 0 Å². The highest BCUT2D eigenvalue weighted by atomic mass is 16.5. The first-order valence-electron chi connectivity index (χ1n) is 7.95. The Labute approximate surface area is 153 Å². The lowest BCUT2D eigenvalue weighted by Gasteiger charge is -2.10. The summed E-state index contributed by atoms with van der Waals surface area (Å²) < 4.78 is 12.4. The molecule has 1 N–H and O–H groups in total. The fourth-order valence-corrected chi connectivity index (χ4v) is 2.45. The SMILES string of the molecule is COc1cncc(Oc2cc(C(=O)Nc3ccccn3)c3ncnn3c2)c1. The van der Waals surface area contributed by atoms with Gasteiger partial charge in [-0.05, 0) is 18.2 Å². The van der Waals surface area contributed by atoms with Gasteiger partial charge < -0.3 is 14.8 Å². The standard InChI is InChI=1S/C18H14N6O3/c1-26-12-6-13(9-19-8-12)27-14-7-15(17-21-11-22-24(17)10-14)18(25)23-16-4-2-3-5-20-16/h2-11H,1H3,(H,20,23,25). The Morgan fingerprint density at radius 1 is 1.11 bits per heavy atom. The van der Waals surface area contributed by atoms with E-state index in [1.54, 1.807) is 62.2 Å². The van der Waals surface area contributed by atoms with Crippen molar-refractivity contribution in [2.75, 3.05) is 12.4 Å². The molecule has 0 unspecified atom stereocenters. The Kier molecular flexibility index (Phi) is 4.32. The van der Waals surface area contributed by atoms with E-state index in [2.05, 4.69) is 25.4 Å². The Balaban J connectivity index is 1.68. The number of hydrogen-bond donors (Lipinski definition) is 1. The van der Waals surface area contributed by atoms with E-state index in [0.717, 1.165) is 0 Å². The zero-order chi connectivity index (χ0) is 18.6. The lowest BCUT2D eigenvalue weighted by molar-refractivity contribution is 0.102. The summed E-state index contributed by atoms with van der Waals surface area (Å²) in [6.07, 6.45) is 7.70. The van der Waals surface area contributed by atoms with Crippen LogP contribution in [0.25, 0.3) is 5.65 Å². The molecule has 0 saturated heterocycles. The molecule has 0 bridgehead atoms. The molecule has 4 aromatic rings. The van der Waals surface area contributed by atoms with Gasteiger partial charge in [0.1, 0.15) is 29.4 Å². The first-order valence-corrected chi connectivity index (χ1v) is 7.95. The van der Waals surface area contributed by atoms with E-state index in [1.165, 1.54) is 10.8 Å². The van der Waals surface area contributed by atoms with Crippen LogP contribution in [0, 0.1) is 0 Å². The maximum Gasteiger partial charge on any atom is 0.260 e. The van der Waals surface area contributed by atoms with Crippen LogP contribution in [0.15, 0.2) is 61.4 Å². The van der Waals surface area contributed by atoms with Crippen LogP contribution in [-0.2, 0) is 0 Å². The van der Waals surface area contributed by atoms with Crippen LogP contribution in [0.1, 0.15) is 10.4 Å². The zero-order valence-electron chi connectivity index (χ0n) is 14.2. The summed E-state index contributed by atoms with van der Waals surface area (Å²) in [6, 6.07) is 8.52. The van der Waals surface area contributed by atoms with Crippen molar-refractivity contribution in [3.8, 4) is 17.2 Å². The minimum Gasteiger partial charge on any atom is -0.495 e.